The predicted molar refractivity (Wildman–Crippen MR) is 98.9 cm³/mol. The molecule has 138 valence electrons. The topological polar surface area (TPSA) is 98.1 Å². The molecule has 9 nitrogen and oxygen atoms in total. The molecule has 0 radical (unpaired) electrons. The zero-order valence-electron chi connectivity index (χ0n) is 15.0. The molecule has 0 spiro atoms. The number of hydrogen-bond acceptors (Lipinski definition) is 7. The number of nitrogens with zero attached hydrogens (tertiary/aromatic N) is 6. The Labute approximate surface area is 156 Å². The molecule has 1 unspecified atom stereocenters. The van der Waals surface area contributed by atoms with Gasteiger partial charge < -0.3 is 10.1 Å². The molecule has 1 N–H and O–H groups in total. The van der Waals surface area contributed by atoms with E-state index in [1.807, 2.05) is 44.2 Å². The Balaban J connectivity index is 1.54. The van der Waals surface area contributed by atoms with Crippen LogP contribution in [0.25, 0.3) is 5.69 Å². The number of amides is 1. The molecular formula is C18H19N7O2. The van der Waals surface area contributed by atoms with Crippen LogP contribution in [0.5, 0.6) is 0 Å². The van der Waals surface area contributed by atoms with Crippen LogP contribution in [0.1, 0.15) is 24.4 Å². The molecule has 1 saturated heterocycles. The van der Waals surface area contributed by atoms with Crippen molar-refractivity contribution in [3.05, 3.63) is 54.0 Å². The number of rotatable bonds is 5. The van der Waals surface area contributed by atoms with Gasteiger partial charge in [-0.25, -0.2) is 14.5 Å². The van der Waals surface area contributed by atoms with Crippen molar-refractivity contribution in [2.75, 3.05) is 23.4 Å². The van der Waals surface area contributed by atoms with Crippen molar-refractivity contribution in [2.45, 2.75) is 19.9 Å². The quantitative estimate of drug-likeness (QED) is 0.742. The van der Waals surface area contributed by atoms with Crippen LogP contribution in [-0.2, 0) is 4.74 Å². The molecule has 0 saturated carbocycles. The number of nitrogens with one attached hydrogen (secondary N) is 1. The maximum absolute atomic E-state index is 11.7. The molecule has 1 aromatic carbocycles. The van der Waals surface area contributed by atoms with Crippen LogP contribution in [0.2, 0.25) is 0 Å². The highest BCUT2D eigenvalue weighted by molar-refractivity contribution is 5.88. The van der Waals surface area contributed by atoms with Gasteiger partial charge in [0.05, 0.1) is 24.0 Å². The average Bonchev–Trinajstić information content (AvgIpc) is 3.28. The van der Waals surface area contributed by atoms with Gasteiger partial charge in [-0.3, -0.25) is 4.90 Å². The van der Waals surface area contributed by atoms with Crippen molar-refractivity contribution >= 4 is 17.9 Å². The normalized spacial score (nSPS) is 14.9. The van der Waals surface area contributed by atoms with Gasteiger partial charge in [0.25, 0.3) is 0 Å². The van der Waals surface area contributed by atoms with E-state index in [4.69, 9.17) is 4.74 Å². The first-order valence-corrected chi connectivity index (χ1v) is 8.65. The second kappa shape index (κ2) is 7.02. The largest absolute Gasteiger partial charge is 0.447 e. The van der Waals surface area contributed by atoms with E-state index in [0.29, 0.717) is 24.9 Å². The van der Waals surface area contributed by atoms with Crippen LogP contribution >= 0.6 is 0 Å². The van der Waals surface area contributed by atoms with E-state index in [1.54, 1.807) is 16.9 Å². The van der Waals surface area contributed by atoms with Crippen LogP contribution in [0, 0.1) is 6.92 Å². The number of benzene rings is 1. The Hall–Kier alpha value is -3.49. The monoisotopic (exact) mass is 365 g/mol. The highest BCUT2D eigenvalue weighted by atomic mass is 16.6. The lowest BCUT2D eigenvalue weighted by Crippen LogP contribution is -2.25. The number of carbonyl (C=O) groups is 1. The van der Waals surface area contributed by atoms with Crippen molar-refractivity contribution in [1.82, 2.24) is 25.0 Å². The summed E-state index contributed by atoms with van der Waals surface area (Å²) < 4.78 is 6.75. The van der Waals surface area contributed by atoms with Crippen molar-refractivity contribution in [3.63, 3.8) is 0 Å². The molecule has 0 aliphatic carbocycles. The summed E-state index contributed by atoms with van der Waals surface area (Å²) >= 11 is 0. The molecule has 2 aromatic heterocycles. The summed E-state index contributed by atoms with van der Waals surface area (Å²) in [6.07, 6.45) is 1.21. The van der Waals surface area contributed by atoms with E-state index in [2.05, 4.69) is 25.6 Å². The molecule has 4 rings (SSSR count). The van der Waals surface area contributed by atoms with Crippen molar-refractivity contribution in [2.24, 2.45) is 0 Å². The molecule has 1 amide bonds. The van der Waals surface area contributed by atoms with E-state index in [-0.39, 0.29) is 6.04 Å². The Morgan fingerprint density at radius 3 is 2.78 bits per heavy atom. The Bertz CT molecular complexity index is 957. The maximum Gasteiger partial charge on any atom is 0.415 e. The number of aromatic nitrogens is 5. The SMILES string of the molecule is Cc1c(C(C)Nc2nccc(N3CCOC3=O)n2)nnn1-c1ccccc1. The fourth-order valence-corrected chi connectivity index (χ4v) is 2.99. The van der Waals surface area contributed by atoms with E-state index < -0.39 is 6.09 Å². The van der Waals surface area contributed by atoms with Gasteiger partial charge >= 0.3 is 6.09 Å². The van der Waals surface area contributed by atoms with Crippen LogP contribution in [-0.4, -0.2) is 44.2 Å². The zero-order chi connectivity index (χ0) is 18.8. The minimum absolute atomic E-state index is 0.164. The van der Waals surface area contributed by atoms with Crippen molar-refractivity contribution in [1.29, 1.82) is 0 Å². The van der Waals surface area contributed by atoms with Gasteiger partial charge in [0, 0.05) is 6.20 Å². The molecule has 1 aliphatic rings. The number of para-hydroxylation sites is 1. The molecule has 3 heterocycles. The predicted octanol–water partition coefficient (Wildman–Crippen LogP) is 2.50. The summed E-state index contributed by atoms with van der Waals surface area (Å²) in [5, 5.41) is 11.8. The summed E-state index contributed by atoms with van der Waals surface area (Å²) in [4.78, 5) is 21.8. The Morgan fingerprint density at radius 2 is 2.04 bits per heavy atom. The Kier molecular flexibility index (Phi) is 4.41. The second-order valence-electron chi connectivity index (χ2n) is 6.18. The van der Waals surface area contributed by atoms with Gasteiger partial charge in [-0.1, -0.05) is 23.4 Å². The van der Waals surface area contributed by atoms with Gasteiger partial charge in [0.15, 0.2) is 0 Å². The van der Waals surface area contributed by atoms with Crippen LogP contribution in [0.15, 0.2) is 42.6 Å². The van der Waals surface area contributed by atoms with E-state index in [0.717, 1.165) is 17.1 Å². The smallest absolute Gasteiger partial charge is 0.415 e. The fourth-order valence-electron chi connectivity index (χ4n) is 2.99. The molecule has 27 heavy (non-hydrogen) atoms. The summed E-state index contributed by atoms with van der Waals surface area (Å²) in [7, 11) is 0. The third kappa shape index (κ3) is 3.31. The Morgan fingerprint density at radius 1 is 1.22 bits per heavy atom. The van der Waals surface area contributed by atoms with Gasteiger partial charge in [-0.15, -0.1) is 5.10 Å². The number of carbonyl (C=O) groups excluding carboxylic acids is 1. The molecule has 9 heteroatoms. The van der Waals surface area contributed by atoms with Crippen LogP contribution in [0.3, 0.4) is 0 Å². The average molecular weight is 365 g/mol. The number of hydrogen-bond donors (Lipinski definition) is 1. The van der Waals surface area contributed by atoms with Crippen LogP contribution < -0.4 is 10.2 Å². The van der Waals surface area contributed by atoms with Crippen molar-refractivity contribution in [3.8, 4) is 5.69 Å². The fraction of sp³-hybridized carbons (Fsp3) is 0.278. The van der Waals surface area contributed by atoms with Gasteiger partial charge in [0.2, 0.25) is 5.95 Å². The molecule has 0 bridgehead atoms. The van der Waals surface area contributed by atoms with Crippen molar-refractivity contribution < 1.29 is 9.53 Å². The van der Waals surface area contributed by atoms with E-state index in [9.17, 15) is 4.79 Å². The lowest BCUT2D eigenvalue weighted by atomic mass is 10.2. The number of anilines is 2. The lowest BCUT2D eigenvalue weighted by Gasteiger charge is -2.15. The number of ether oxygens (including phenoxy) is 1. The van der Waals surface area contributed by atoms with Gasteiger partial charge in [-0.2, -0.15) is 4.98 Å². The third-order valence-electron chi connectivity index (χ3n) is 4.37. The first-order valence-electron chi connectivity index (χ1n) is 8.65. The molecule has 3 aromatic rings. The summed E-state index contributed by atoms with van der Waals surface area (Å²) in [6, 6.07) is 11.3. The second-order valence-corrected chi connectivity index (χ2v) is 6.18. The summed E-state index contributed by atoms with van der Waals surface area (Å²) in [6.45, 7) is 4.78. The highest BCUT2D eigenvalue weighted by Crippen LogP contribution is 2.22. The molecule has 1 fully saturated rings. The first-order chi connectivity index (χ1) is 13.1. The molecular weight excluding hydrogens is 346 g/mol. The van der Waals surface area contributed by atoms with E-state index >= 15 is 0 Å². The van der Waals surface area contributed by atoms with Crippen LogP contribution in [0.4, 0.5) is 16.6 Å². The zero-order valence-corrected chi connectivity index (χ0v) is 15.0. The standard InChI is InChI=1S/C18H19N7O2/c1-12(16-13(2)25(23-22-16)14-6-4-3-5-7-14)20-17-19-9-8-15(21-17)24-10-11-27-18(24)26/h3-9,12H,10-11H2,1-2H3,(H,19,20,21). The number of cyclic esters (lactones) is 1. The van der Waals surface area contributed by atoms with Gasteiger partial charge in [0.1, 0.15) is 18.1 Å². The summed E-state index contributed by atoms with van der Waals surface area (Å²) in [5.41, 5.74) is 2.68. The maximum atomic E-state index is 11.7. The third-order valence-corrected chi connectivity index (χ3v) is 4.37. The minimum atomic E-state index is -0.394. The highest BCUT2D eigenvalue weighted by Gasteiger charge is 2.25. The molecule has 1 aliphatic heterocycles. The van der Waals surface area contributed by atoms with E-state index in [1.165, 1.54) is 4.90 Å². The lowest BCUT2D eigenvalue weighted by molar-refractivity contribution is 0.181. The van der Waals surface area contributed by atoms with Gasteiger partial charge in [-0.05, 0) is 32.0 Å². The minimum Gasteiger partial charge on any atom is -0.447 e. The first kappa shape index (κ1) is 17.0. The molecule has 1 atom stereocenters. The summed E-state index contributed by atoms with van der Waals surface area (Å²) in [5.74, 6) is 0.917.